The van der Waals surface area contributed by atoms with E-state index >= 15 is 0 Å². The fourth-order valence-electron chi connectivity index (χ4n) is 5.75. The van der Waals surface area contributed by atoms with Gasteiger partial charge in [-0.2, -0.15) is 0 Å². The second kappa shape index (κ2) is 10.7. The van der Waals surface area contributed by atoms with Crippen molar-refractivity contribution < 1.29 is 9.18 Å². The van der Waals surface area contributed by atoms with E-state index in [0.29, 0.717) is 58.1 Å². The Hall–Kier alpha value is -3.24. The summed E-state index contributed by atoms with van der Waals surface area (Å²) < 4.78 is 16.5. The lowest BCUT2D eigenvalue weighted by Gasteiger charge is -2.37. The van der Waals surface area contributed by atoms with Crippen molar-refractivity contribution in [1.29, 1.82) is 0 Å². The van der Waals surface area contributed by atoms with E-state index in [-0.39, 0.29) is 23.3 Å². The number of rotatable bonds is 4. The van der Waals surface area contributed by atoms with E-state index in [4.69, 9.17) is 17.2 Å². The van der Waals surface area contributed by atoms with Gasteiger partial charge in [-0.3, -0.25) is 18.9 Å². The van der Waals surface area contributed by atoms with Crippen LogP contribution in [0.1, 0.15) is 43.2 Å². The van der Waals surface area contributed by atoms with E-state index in [1.165, 1.54) is 24.2 Å². The van der Waals surface area contributed by atoms with Crippen molar-refractivity contribution in [2.75, 3.05) is 36.0 Å². The molecule has 0 atom stereocenters. The first-order valence-corrected chi connectivity index (χ1v) is 14.7. The number of para-hydroxylation sites is 1. The van der Waals surface area contributed by atoms with Gasteiger partial charge in [-0.05, 0) is 49.6 Å². The smallest absolute Gasteiger partial charge is 0.267 e. The van der Waals surface area contributed by atoms with Crippen molar-refractivity contribution >= 4 is 57.4 Å². The molecule has 3 aliphatic rings. The molecule has 0 spiro atoms. The van der Waals surface area contributed by atoms with Crippen LogP contribution in [0, 0.1) is 12.7 Å². The lowest BCUT2D eigenvalue weighted by molar-refractivity contribution is -0.124. The number of thioether (sulfide) groups is 1. The van der Waals surface area contributed by atoms with Crippen molar-refractivity contribution in [2.45, 2.75) is 45.1 Å². The molecule has 1 aromatic carbocycles. The molecule has 1 saturated carbocycles. The van der Waals surface area contributed by atoms with E-state index in [9.17, 15) is 14.0 Å². The van der Waals surface area contributed by atoms with Gasteiger partial charge in [-0.25, -0.2) is 9.37 Å². The molecule has 39 heavy (non-hydrogen) atoms. The molecule has 0 unspecified atom stereocenters. The zero-order valence-corrected chi connectivity index (χ0v) is 23.4. The van der Waals surface area contributed by atoms with Crippen LogP contribution in [0.4, 0.5) is 15.9 Å². The van der Waals surface area contributed by atoms with Crippen LogP contribution in [0.2, 0.25) is 0 Å². The average Bonchev–Trinajstić information content (AvgIpc) is 3.23. The maximum absolute atomic E-state index is 14.4. The second-order valence-electron chi connectivity index (χ2n) is 10.4. The normalized spacial score (nSPS) is 20.1. The number of carbonyl (C=O) groups is 1. The number of piperazine rings is 1. The minimum Gasteiger partial charge on any atom is -0.366 e. The van der Waals surface area contributed by atoms with Gasteiger partial charge >= 0.3 is 0 Å². The Kier molecular flexibility index (Phi) is 7.16. The molecule has 0 N–H and O–H groups in total. The maximum Gasteiger partial charge on any atom is 0.267 e. The van der Waals surface area contributed by atoms with Crippen LogP contribution in [0.3, 0.4) is 0 Å². The summed E-state index contributed by atoms with van der Waals surface area (Å²) in [6.45, 7) is 4.22. The number of hydrogen-bond donors (Lipinski definition) is 0. The van der Waals surface area contributed by atoms with Crippen molar-refractivity contribution in [2.24, 2.45) is 0 Å². The van der Waals surface area contributed by atoms with Crippen LogP contribution in [-0.4, -0.2) is 56.7 Å². The van der Waals surface area contributed by atoms with E-state index < -0.39 is 0 Å². The molecule has 10 heteroatoms. The molecule has 4 heterocycles. The highest BCUT2D eigenvalue weighted by Crippen LogP contribution is 2.38. The molecule has 7 nitrogen and oxygen atoms in total. The second-order valence-corrected chi connectivity index (χ2v) is 12.0. The summed E-state index contributed by atoms with van der Waals surface area (Å²) in [6, 6.07) is 10.7. The number of fused-ring (bicyclic) bond motifs is 1. The molecule has 3 fully saturated rings. The number of benzene rings is 1. The molecule has 2 aromatic heterocycles. The van der Waals surface area contributed by atoms with Crippen LogP contribution in [0.15, 0.2) is 52.3 Å². The van der Waals surface area contributed by atoms with E-state index in [2.05, 4.69) is 4.90 Å². The van der Waals surface area contributed by atoms with Gasteiger partial charge in [0, 0.05) is 38.4 Å². The maximum atomic E-state index is 14.4. The lowest BCUT2D eigenvalue weighted by Crippen LogP contribution is -2.47. The fourth-order valence-corrected chi connectivity index (χ4v) is 7.13. The van der Waals surface area contributed by atoms with Gasteiger partial charge in [-0.15, -0.1) is 0 Å². The van der Waals surface area contributed by atoms with Crippen molar-refractivity contribution in [3.05, 3.63) is 74.8 Å². The van der Waals surface area contributed by atoms with Crippen LogP contribution < -0.4 is 15.4 Å². The van der Waals surface area contributed by atoms with Crippen molar-refractivity contribution in [3.63, 3.8) is 0 Å². The van der Waals surface area contributed by atoms with Crippen LogP contribution in [0.5, 0.6) is 0 Å². The molecule has 1 aliphatic carbocycles. The number of carbonyl (C=O) groups excluding carboxylic acids is 1. The Morgan fingerprint density at radius 1 is 1.00 bits per heavy atom. The summed E-state index contributed by atoms with van der Waals surface area (Å²) >= 11 is 6.89. The Labute approximate surface area is 236 Å². The summed E-state index contributed by atoms with van der Waals surface area (Å²) in [5, 5.41) is 0. The standard InChI is InChI=1S/C29H30FN5O2S2/c1-19-11-12-25-31-26(33-15-13-32(14-16-33)23-10-6-5-9-22(23)30)21(27(36)34(25)18-19)17-24-28(37)35(29(38)39-24)20-7-3-2-4-8-20/h5-6,9-12,17-18,20H,2-4,7-8,13-16H2,1H3/b24-17+. The Morgan fingerprint density at radius 2 is 1.72 bits per heavy atom. The Morgan fingerprint density at radius 3 is 2.46 bits per heavy atom. The van der Waals surface area contributed by atoms with Gasteiger partial charge in [0.15, 0.2) is 0 Å². The fraction of sp³-hybridized carbons (Fsp3) is 0.379. The third-order valence-electron chi connectivity index (χ3n) is 7.80. The number of thiocarbonyl (C=S) groups is 1. The quantitative estimate of drug-likeness (QED) is 0.327. The highest BCUT2D eigenvalue weighted by Gasteiger charge is 2.38. The van der Waals surface area contributed by atoms with Gasteiger partial charge < -0.3 is 9.80 Å². The first-order chi connectivity index (χ1) is 18.9. The predicted molar refractivity (Wildman–Crippen MR) is 159 cm³/mol. The van der Waals surface area contributed by atoms with Crippen LogP contribution >= 0.6 is 24.0 Å². The molecule has 0 radical (unpaired) electrons. The summed E-state index contributed by atoms with van der Waals surface area (Å²) in [4.78, 5) is 38.6. The zero-order chi connectivity index (χ0) is 27.1. The van der Waals surface area contributed by atoms with Gasteiger partial charge in [-0.1, -0.05) is 61.4 Å². The molecule has 0 bridgehead atoms. The van der Waals surface area contributed by atoms with E-state index in [0.717, 1.165) is 31.2 Å². The van der Waals surface area contributed by atoms with Gasteiger partial charge in [0.1, 0.15) is 21.6 Å². The SMILES string of the molecule is Cc1ccc2nc(N3CCN(c4ccccc4F)CC3)c(/C=C3/SC(=S)N(C4CCCCC4)C3=O)c(=O)n2c1. The third-order valence-corrected chi connectivity index (χ3v) is 9.13. The molecule has 6 rings (SSSR count). The highest BCUT2D eigenvalue weighted by molar-refractivity contribution is 8.26. The number of nitrogens with zero attached hydrogens (tertiary/aromatic N) is 5. The van der Waals surface area contributed by atoms with Gasteiger partial charge in [0.2, 0.25) is 0 Å². The molecular weight excluding hydrogens is 533 g/mol. The first kappa shape index (κ1) is 26.0. The predicted octanol–water partition coefficient (Wildman–Crippen LogP) is 5.00. The number of anilines is 2. The number of aromatic nitrogens is 2. The molecular formula is C29H30FN5O2S2. The highest BCUT2D eigenvalue weighted by atomic mass is 32.2. The Bertz CT molecular complexity index is 1540. The first-order valence-electron chi connectivity index (χ1n) is 13.5. The van der Waals surface area contributed by atoms with E-state index in [1.807, 2.05) is 30.0 Å². The molecule has 2 saturated heterocycles. The monoisotopic (exact) mass is 563 g/mol. The Balaban J connectivity index is 1.36. The average molecular weight is 564 g/mol. The van der Waals surface area contributed by atoms with Crippen LogP contribution in [-0.2, 0) is 4.79 Å². The zero-order valence-electron chi connectivity index (χ0n) is 21.8. The van der Waals surface area contributed by atoms with Crippen LogP contribution in [0.25, 0.3) is 11.7 Å². The van der Waals surface area contributed by atoms with Gasteiger partial charge in [0.05, 0.1) is 16.2 Å². The molecule has 202 valence electrons. The summed E-state index contributed by atoms with van der Waals surface area (Å²) in [5.41, 5.74) is 2.21. The summed E-state index contributed by atoms with van der Waals surface area (Å²) in [7, 11) is 0. The topological polar surface area (TPSA) is 61.2 Å². The molecule has 1 amide bonds. The molecule has 3 aromatic rings. The minimum atomic E-state index is -0.246. The number of pyridine rings is 1. The summed E-state index contributed by atoms with van der Waals surface area (Å²) in [6.07, 6.45) is 8.75. The van der Waals surface area contributed by atoms with Gasteiger partial charge in [0.25, 0.3) is 11.5 Å². The summed E-state index contributed by atoms with van der Waals surface area (Å²) in [5.74, 6) is 0.171. The number of halogens is 1. The van der Waals surface area contributed by atoms with Crippen molar-refractivity contribution in [1.82, 2.24) is 14.3 Å². The number of amides is 1. The third kappa shape index (κ3) is 4.96. The van der Waals surface area contributed by atoms with Crippen molar-refractivity contribution in [3.8, 4) is 0 Å². The largest absolute Gasteiger partial charge is 0.366 e. The molecule has 2 aliphatic heterocycles. The lowest BCUT2D eigenvalue weighted by atomic mass is 9.94. The number of hydrogen-bond acceptors (Lipinski definition) is 7. The van der Waals surface area contributed by atoms with E-state index in [1.54, 1.807) is 33.7 Å². The number of aryl methyl sites for hydroxylation is 1. The minimum absolute atomic E-state index is 0.124.